The van der Waals surface area contributed by atoms with Gasteiger partial charge in [-0.25, -0.2) is 8.42 Å². The normalized spacial score (nSPS) is 14.1. The summed E-state index contributed by atoms with van der Waals surface area (Å²) >= 11 is 3.36. The van der Waals surface area contributed by atoms with E-state index in [9.17, 15) is 18.0 Å². The summed E-state index contributed by atoms with van der Waals surface area (Å²) in [6.07, 6.45) is 4.28. The number of nitrogens with zero attached hydrogens (tertiary/aromatic N) is 2. The molecule has 0 spiro atoms. The molecule has 4 rings (SSSR count). The highest BCUT2D eigenvalue weighted by molar-refractivity contribution is 9.10. The van der Waals surface area contributed by atoms with E-state index in [-0.39, 0.29) is 23.4 Å². The molecule has 0 aromatic heterocycles. The van der Waals surface area contributed by atoms with E-state index in [1.807, 2.05) is 32.0 Å². The van der Waals surface area contributed by atoms with Crippen molar-refractivity contribution in [2.24, 2.45) is 0 Å². The zero-order chi connectivity index (χ0) is 31.7. The molecule has 1 atom stereocenters. The minimum absolute atomic E-state index is 0.0350. The first kappa shape index (κ1) is 33.3. The summed E-state index contributed by atoms with van der Waals surface area (Å²) in [4.78, 5) is 29.4. The first-order chi connectivity index (χ1) is 21.2. The minimum atomic E-state index is -4.18. The number of nitrogens with one attached hydrogen (secondary N) is 1. The number of carbonyl (C=O) groups is 2. The number of halogens is 1. The molecule has 9 nitrogen and oxygen atoms in total. The van der Waals surface area contributed by atoms with Crippen molar-refractivity contribution >= 4 is 43.5 Å². The molecule has 1 saturated carbocycles. The van der Waals surface area contributed by atoms with Gasteiger partial charge in [0.15, 0.2) is 0 Å². The number of amides is 2. The van der Waals surface area contributed by atoms with E-state index >= 15 is 0 Å². The lowest BCUT2D eigenvalue weighted by atomic mass is 10.1. The van der Waals surface area contributed by atoms with Gasteiger partial charge in [0.05, 0.1) is 24.3 Å². The van der Waals surface area contributed by atoms with E-state index in [1.54, 1.807) is 49.6 Å². The molecule has 3 aromatic carbocycles. The molecule has 0 radical (unpaired) electrons. The predicted octanol–water partition coefficient (Wildman–Crippen LogP) is 5.92. The molecule has 2 amide bonds. The number of ether oxygens (including phenoxy) is 2. The standard InChI is InChI=1S/C33H40BrN3O6S/c1-4-31(33(39)35-26-10-6-7-11-26)36(22-24-9-8-12-29(21-24)42-3)32(38)23-37(27-15-17-28(18-16-27)43-5-2)44(40,41)30-19-13-25(34)14-20-30/h8-9,12-21,26,31H,4-7,10-11,22-23H2,1-3H3,(H,35,39)/t31-/m1/s1. The lowest BCUT2D eigenvalue weighted by molar-refractivity contribution is -0.140. The summed E-state index contributed by atoms with van der Waals surface area (Å²) in [6.45, 7) is 3.76. The Hall–Kier alpha value is -3.57. The molecule has 0 bridgehead atoms. The highest BCUT2D eigenvalue weighted by Crippen LogP contribution is 2.28. The number of anilines is 1. The Labute approximate surface area is 268 Å². The van der Waals surface area contributed by atoms with Crippen LogP contribution in [0.5, 0.6) is 11.5 Å². The Morgan fingerprint density at radius 2 is 1.66 bits per heavy atom. The smallest absolute Gasteiger partial charge is 0.264 e. The van der Waals surface area contributed by atoms with E-state index in [0.29, 0.717) is 30.2 Å². The van der Waals surface area contributed by atoms with E-state index in [2.05, 4.69) is 21.2 Å². The second-order valence-electron chi connectivity index (χ2n) is 10.7. The first-order valence-corrected chi connectivity index (χ1v) is 17.1. The predicted molar refractivity (Wildman–Crippen MR) is 174 cm³/mol. The molecule has 1 N–H and O–H groups in total. The van der Waals surface area contributed by atoms with Crippen molar-refractivity contribution in [2.45, 2.75) is 69.5 Å². The third-order valence-corrected chi connectivity index (χ3v) is 10.0. The molecule has 1 aliphatic rings. The Balaban J connectivity index is 1.72. The molecule has 44 heavy (non-hydrogen) atoms. The van der Waals surface area contributed by atoms with Gasteiger partial charge in [-0.1, -0.05) is 47.8 Å². The average molecular weight is 687 g/mol. The van der Waals surface area contributed by atoms with Crippen LogP contribution < -0.4 is 19.1 Å². The Bertz CT molecular complexity index is 1510. The summed E-state index contributed by atoms with van der Waals surface area (Å²) in [6, 6.07) is 19.4. The summed E-state index contributed by atoms with van der Waals surface area (Å²) < 4.78 is 40.9. The average Bonchev–Trinajstić information content (AvgIpc) is 3.53. The Kier molecular flexibility index (Phi) is 11.7. The molecule has 0 heterocycles. The first-order valence-electron chi connectivity index (χ1n) is 14.9. The van der Waals surface area contributed by atoms with Crippen molar-refractivity contribution in [3.05, 3.63) is 82.8 Å². The van der Waals surface area contributed by atoms with Crippen molar-refractivity contribution in [1.82, 2.24) is 10.2 Å². The van der Waals surface area contributed by atoms with Crippen LogP contribution in [0.25, 0.3) is 0 Å². The molecule has 0 aliphatic heterocycles. The third-order valence-electron chi connectivity index (χ3n) is 7.69. The van der Waals surface area contributed by atoms with E-state index < -0.39 is 28.5 Å². The molecule has 0 saturated heterocycles. The summed E-state index contributed by atoms with van der Waals surface area (Å²) in [5.74, 6) is 0.458. The summed E-state index contributed by atoms with van der Waals surface area (Å²) in [5.41, 5.74) is 1.06. The van der Waals surface area contributed by atoms with Crippen molar-refractivity contribution in [2.75, 3.05) is 24.6 Å². The maximum absolute atomic E-state index is 14.3. The van der Waals surface area contributed by atoms with Crippen molar-refractivity contribution in [3.8, 4) is 11.5 Å². The zero-order valence-corrected chi connectivity index (χ0v) is 27.8. The van der Waals surface area contributed by atoms with E-state index in [4.69, 9.17) is 9.47 Å². The van der Waals surface area contributed by atoms with Crippen LogP contribution in [0.4, 0.5) is 5.69 Å². The molecular weight excluding hydrogens is 646 g/mol. The monoisotopic (exact) mass is 685 g/mol. The maximum Gasteiger partial charge on any atom is 0.264 e. The molecule has 11 heteroatoms. The van der Waals surface area contributed by atoms with Gasteiger partial charge >= 0.3 is 0 Å². The highest BCUT2D eigenvalue weighted by Gasteiger charge is 2.34. The Morgan fingerprint density at radius 3 is 2.27 bits per heavy atom. The molecule has 1 aliphatic carbocycles. The molecule has 236 valence electrons. The number of methoxy groups -OCH3 is 1. The lowest BCUT2D eigenvalue weighted by Crippen LogP contribution is -2.53. The minimum Gasteiger partial charge on any atom is -0.497 e. The van der Waals surface area contributed by atoms with E-state index in [0.717, 1.165) is 40.0 Å². The van der Waals surface area contributed by atoms with Gasteiger partial charge in [-0.05, 0) is 92.4 Å². The van der Waals surface area contributed by atoms with Crippen LogP contribution in [-0.2, 0) is 26.2 Å². The van der Waals surface area contributed by atoms with Crippen LogP contribution in [0.1, 0.15) is 51.5 Å². The van der Waals surface area contributed by atoms with Crippen molar-refractivity contribution < 1.29 is 27.5 Å². The topological polar surface area (TPSA) is 105 Å². The number of carbonyl (C=O) groups excluding carboxylic acids is 2. The largest absolute Gasteiger partial charge is 0.497 e. The van der Waals surface area contributed by atoms with Gasteiger partial charge in [0.2, 0.25) is 11.8 Å². The van der Waals surface area contributed by atoms with E-state index in [1.165, 1.54) is 17.0 Å². The third kappa shape index (κ3) is 8.32. The second-order valence-corrected chi connectivity index (χ2v) is 13.5. The summed E-state index contributed by atoms with van der Waals surface area (Å²) in [5, 5.41) is 3.13. The van der Waals surface area contributed by atoms with Gasteiger partial charge in [0.1, 0.15) is 24.1 Å². The van der Waals surface area contributed by atoms with Crippen LogP contribution in [0.3, 0.4) is 0 Å². The molecule has 3 aromatic rings. The van der Waals surface area contributed by atoms with Crippen LogP contribution in [-0.4, -0.2) is 57.5 Å². The van der Waals surface area contributed by atoms with Crippen LogP contribution >= 0.6 is 15.9 Å². The van der Waals surface area contributed by atoms with Gasteiger partial charge in [-0.3, -0.25) is 13.9 Å². The fraction of sp³-hybridized carbons (Fsp3) is 0.394. The van der Waals surface area contributed by atoms with Crippen molar-refractivity contribution in [1.29, 1.82) is 0 Å². The van der Waals surface area contributed by atoms with Gasteiger partial charge < -0.3 is 19.7 Å². The maximum atomic E-state index is 14.3. The number of benzene rings is 3. The second kappa shape index (κ2) is 15.4. The number of hydrogen-bond donors (Lipinski definition) is 1. The Morgan fingerprint density at radius 1 is 0.977 bits per heavy atom. The zero-order valence-electron chi connectivity index (χ0n) is 25.4. The van der Waals surface area contributed by atoms with Crippen molar-refractivity contribution in [3.63, 3.8) is 0 Å². The van der Waals surface area contributed by atoms with Crippen LogP contribution in [0.2, 0.25) is 0 Å². The van der Waals surface area contributed by atoms with Gasteiger partial charge in [-0.2, -0.15) is 0 Å². The SMILES string of the molecule is CCOc1ccc(N(CC(=O)N(Cc2cccc(OC)c2)[C@H](CC)C(=O)NC2CCCC2)S(=O)(=O)c2ccc(Br)cc2)cc1. The lowest BCUT2D eigenvalue weighted by Gasteiger charge is -2.34. The summed E-state index contributed by atoms with van der Waals surface area (Å²) in [7, 11) is -2.61. The number of rotatable bonds is 14. The van der Waals surface area contributed by atoms with Crippen LogP contribution in [0.15, 0.2) is 82.2 Å². The quantitative estimate of drug-likeness (QED) is 0.226. The fourth-order valence-electron chi connectivity index (χ4n) is 5.39. The van der Waals surface area contributed by atoms with Gasteiger partial charge in [-0.15, -0.1) is 0 Å². The van der Waals surface area contributed by atoms with Gasteiger partial charge in [0, 0.05) is 17.1 Å². The van der Waals surface area contributed by atoms with Gasteiger partial charge in [0.25, 0.3) is 10.0 Å². The number of hydrogen-bond acceptors (Lipinski definition) is 6. The molecule has 1 fully saturated rings. The fourth-order valence-corrected chi connectivity index (χ4v) is 7.07. The number of sulfonamides is 1. The molecule has 0 unspecified atom stereocenters. The highest BCUT2D eigenvalue weighted by atomic mass is 79.9. The molecular formula is C33H40BrN3O6S. The van der Waals surface area contributed by atoms with Crippen LogP contribution in [0, 0.1) is 0 Å².